The smallest absolute Gasteiger partial charge is 0.408 e. The second kappa shape index (κ2) is 7.34. The van der Waals surface area contributed by atoms with Crippen molar-refractivity contribution in [1.82, 2.24) is 10.6 Å². The molecule has 1 atom stereocenters. The molecule has 0 saturated heterocycles. The molecule has 124 valence electrons. The first kappa shape index (κ1) is 18.8. The molecular weight excluding hydrogens is 300 g/mol. The van der Waals surface area contributed by atoms with E-state index in [9.17, 15) is 4.79 Å². The Morgan fingerprint density at radius 3 is 2.45 bits per heavy atom. The predicted molar refractivity (Wildman–Crippen MR) is 91.3 cm³/mol. The van der Waals surface area contributed by atoms with Crippen molar-refractivity contribution < 1.29 is 9.53 Å². The van der Waals surface area contributed by atoms with E-state index in [1.165, 1.54) is 0 Å². The van der Waals surface area contributed by atoms with E-state index in [-0.39, 0.29) is 6.04 Å². The fraction of sp³-hybridized carbons (Fsp3) is 0.588. The quantitative estimate of drug-likeness (QED) is 0.848. The average Bonchev–Trinajstić information content (AvgIpc) is 2.33. The topological polar surface area (TPSA) is 50.4 Å². The lowest BCUT2D eigenvalue weighted by atomic mass is 10.0. The van der Waals surface area contributed by atoms with Gasteiger partial charge < -0.3 is 15.4 Å². The normalized spacial score (nSPS) is 13.6. The number of halogens is 1. The number of benzene rings is 1. The van der Waals surface area contributed by atoms with Gasteiger partial charge in [-0.2, -0.15) is 0 Å². The van der Waals surface area contributed by atoms with Gasteiger partial charge in [-0.1, -0.05) is 23.7 Å². The minimum absolute atomic E-state index is 0.137. The molecule has 0 aliphatic rings. The second-order valence-corrected chi connectivity index (χ2v) is 7.60. The SMILES string of the molecule is CC(NCC(C)(C)NC(=O)OC(C)(C)C)c1cccc(Cl)c1. The van der Waals surface area contributed by atoms with Crippen LogP contribution in [-0.2, 0) is 4.74 Å². The van der Waals surface area contributed by atoms with Crippen molar-refractivity contribution in [3.8, 4) is 0 Å². The Balaban J connectivity index is 2.53. The van der Waals surface area contributed by atoms with E-state index >= 15 is 0 Å². The van der Waals surface area contributed by atoms with Crippen LogP contribution in [-0.4, -0.2) is 23.8 Å². The Bertz CT molecular complexity index is 510. The van der Waals surface area contributed by atoms with E-state index in [0.29, 0.717) is 6.54 Å². The van der Waals surface area contributed by atoms with Gasteiger partial charge in [0.2, 0.25) is 0 Å². The van der Waals surface area contributed by atoms with Crippen molar-refractivity contribution in [2.24, 2.45) is 0 Å². The number of amides is 1. The summed E-state index contributed by atoms with van der Waals surface area (Å²) in [6.07, 6.45) is -0.408. The molecular formula is C17H27ClN2O2. The molecule has 5 heteroatoms. The van der Waals surface area contributed by atoms with Crippen LogP contribution in [0.3, 0.4) is 0 Å². The van der Waals surface area contributed by atoms with Crippen LogP contribution < -0.4 is 10.6 Å². The van der Waals surface area contributed by atoms with E-state index in [1.807, 2.05) is 58.9 Å². The predicted octanol–water partition coefficient (Wildman–Crippen LogP) is 4.29. The number of rotatable bonds is 5. The van der Waals surface area contributed by atoms with Crippen LogP contribution in [0.4, 0.5) is 4.79 Å². The largest absolute Gasteiger partial charge is 0.444 e. The monoisotopic (exact) mass is 326 g/mol. The van der Waals surface area contributed by atoms with Crippen molar-refractivity contribution in [3.05, 3.63) is 34.9 Å². The lowest BCUT2D eigenvalue weighted by Gasteiger charge is -2.30. The zero-order chi connectivity index (χ0) is 17.0. The fourth-order valence-corrected chi connectivity index (χ4v) is 2.12. The molecule has 22 heavy (non-hydrogen) atoms. The number of carbonyl (C=O) groups is 1. The molecule has 0 heterocycles. The maximum absolute atomic E-state index is 11.9. The van der Waals surface area contributed by atoms with Gasteiger partial charge in [0.25, 0.3) is 0 Å². The van der Waals surface area contributed by atoms with Crippen molar-refractivity contribution >= 4 is 17.7 Å². The number of hydrogen-bond acceptors (Lipinski definition) is 3. The van der Waals surface area contributed by atoms with Crippen LogP contribution >= 0.6 is 11.6 Å². The standard InChI is InChI=1S/C17H27ClN2O2/c1-12(13-8-7-9-14(18)10-13)19-11-17(5,6)20-15(21)22-16(2,3)4/h7-10,12,19H,11H2,1-6H3,(H,20,21). The third kappa shape index (κ3) is 7.14. The zero-order valence-corrected chi connectivity index (χ0v) is 15.0. The summed E-state index contributed by atoms with van der Waals surface area (Å²) >= 11 is 6.01. The van der Waals surface area contributed by atoms with E-state index < -0.39 is 17.2 Å². The maximum Gasteiger partial charge on any atom is 0.408 e. The lowest BCUT2D eigenvalue weighted by molar-refractivity contribution is 0.0471. The summed E-state index contributed by atoms with van der Waals surface area (Å²) in [5.74, 6) is 0. The molecule has 1 aromatic rings. The molecule has 0 radical (unpaired) electrons. The van der Waals surface area contributed by atoms with Gasteiger partial charge in [-0.05, 0) is 59.2 Å². The Kier molecular flexibility index (Phi) is 6.27. The number of ether oxygens (including phenoxy) is 1. The van der Waals surface area contributed by atoms with Crippen LogP contribution in [0.2, 0.25) is 5.02 Å². The van der Waals surface area contributed by atoms with Crippen LogP contribution in [0.5, 0.6) is 0 Å². The summed E-state index contributed by atoms with van der Waals surface area (Å²) in [6.45, 7) is 12.1. The summed E-state index contributed by atoms with van der Waals surface area (Å²) in [5, 5.41) is 7.01. The molecule has 2 N–H and O–H groups in total. The summed E-state index contributed by atoms with van der Waals surface area (Å²) in [4.78, 5) is 11.9. The summed E-state index contributed by atoms with van der Waals surface area (Å²) in [7, 11) is 0. The Labute approximate surface area is 138 Å². The number of nitrogens with one attached hydrogen (secondary N) is 2. The van der Waals surface area contributed by atoms with E-state index in [1.54, 1.807) is 0 Å². The van der Waals surface area contributed by atoms with Crippen molar-refractivity contribution in [3.63, 3.8) is 0 Å². The molecule has 0 saturated carbocycles. The highest BCUT2D eigenvalue weighted by atomic mass is 35.5. The minimum atomic E-state index is -0.498. The van der Waals surface area contributed by atoms with E-state index in [4.69, 9.17) is 16.3 Å². The molecule has 0 fully saturated rings. The lowest BCUT2D eigenvalue weighted by Crippen LogP contribution is -2.51. The van der Waals surface area contributed by atoms with Crippen LogP contribution in [0.25, 0.3) is 0 Å². The van der Waals surface area contributed by atoms with Gasteiger partial charge in [-0.25, -0.2) is 4.79 Å². The van der Waals surface area contributed by atoms with Crippen LogP contribution in [0, 0.1) is 0 Å². The van der Waals surface area contributed by atoms with E-state index in [0.717, 1.165) is 10.6 Å². The Morgan fingerprint density at radius 1 is 1.27 bits per heavy atom. The van der Waals surface area contributed by atoms with Gasteiger partial charge in [0.1, 0.15) is 5.60 Å². The van der Waals surface area contributed by atoms with Crippen LogP contribution in [0.15, 0.2) is 24.3 Å². The Hall–Kier alpha value is -1.26. The molecule has 4 nitrogen and oxygen atoms in total. The number of hydrogen-bond donors (Lipinski definition) is 2. The number of carbonyl (C=O) groups excluding carboxylic acids is 1. The van der Waals surface area contributed by atoms with Crippen molar-refractivity contribution in [1.29, 1.82) is 0 Å². The molecule has 0 spiro atoms. The fourth-order valence-electron chi connectivity index (χ4n) is 1.93. The molecule has 0 aliphatic carbocycles. The third-order valence-electron chi connectivity index (χ3n) is 3.04. The van der Waals surface area contributed by atoms with Gasteiger partial charge >= 0.3 is 6.09 Å². The van der Waals surface area contributed by atoms with Gasteiger partial charge in [-0.15, -0.1) is 0 Å². The van der Waals surface area contributed by atoms with Gasteiger partial charge in [0.15, 0.2) is 0 Å². The first-order chi connectivity index (χ1) is 9.98. The number of alkyl carbamates (subject to hydrolysis) is 1. The highest BCUT2D eigenvalue weighted by molar-refractivity contribution is 6.30. The van der Waals surface area contributed by atoms with Crippen LogP contribution in [0.1, 0.15) is 53.1 Å². The first-order valence-electron chi connectivity index (χ1n) is 7.48. The highest BCUT2D eigenvalue weighted by Crippen LogP contribution is 2.18. The molecule has 0 aromatic heterocycles. The maximum atomic E-state index is 11.9. The van der Waals surface area contributed by atoms with Gasteiger partial charge in [0, 0.05) is 17.6 Å². The summed E-state index contributed by atoms with van der Waals surface area (Å²) in [5.41, 5.74) is 0.192. The third-order valence-corrected chi connectivity index (χ3v) is 3.27. The van der Waals surface area contributed by atoms with Gasteiger partial charge in [-0.3, -0.25) is 0 Å². The first-order valence-corrected chi connectivity index (χ1v) is 7.86. The van der Waals surface area contributed by atoms with Crippen molar-refractivity contribution in [2.75, 3.05) is 6.54 Å². The molecule has 0 aliphatic heterocycles. The molecule has 1 aromatic carbocycles. The highest BCUT2D eigenvalue weighted by Gasteiger charge is 2.25. The zero-order valence-electron chi connectivity index (χ0n) is 14.3. The second-order valence-electron chi connectivity index (χ2n) is 7.17. The Morgan fingerprint density at radius 2 is 1.91 bits per heavy atom. The average molecular weight is 327 g/mol. The molecule has 1 unspecified atom stereocenters. The van der Waals surface area contributed by atoms with Gasteiger partial charge in [0.05, 0.1) is 5.54 Å². The molecule has 1 amide bonds. The van der Waals surface area contributed by atoms with Crippen molar-refractivity contribution in [2.45, 2.75) is 58.7 Å². The van der Waals surface area contributed by atoms with E-state index in [2.05, 4.69) is 17.6 Å². The minimum Gasteiger partial charge on any atom is -0.444 e. The molecule has 1 rings (SSSR count). The summed E-state index contributed by atoms with van der Waals surface area (Å²) < 4.78 is 5.29. The summed E-state index contributed by atoms with van der Waals surface area (Å²) in [6, 6.07) is 7.88. The molecule has 0 bridgehead atoms.